The molecular formula is C16H26N2O2. The summed E-state index contributed by atoms with van der Waals surface area (Å²) in [6.45, 7) is 5.54. The van der Waals surface area contributed by atoms with Crippen molar-refractivity contribution in [3.63, 3.8) is 0 Å². The fourth-order valence-corrected chi connectivity index (χ4v) is 2.90. The fourth-order valence-electron chi connectivity index (χ4n) is 2.90. The molecule has 1 aliphatic heterocycles. The molecule has 1 fully saturated rings. The van der Waals surface area contributed by atoms with Crippen molar-refractivity contribution in [2.75, 3.05) is 34.4 Å². The molecule has 1 aliphatic rings. The summed E-state index contributed by atoms with van der Waals surface area (Å²) in [5, 5.41) is 3.67. The lowest BCUT2D eigenvalue weighted by Crippen LogP contribution is -2.46. The predicted molar refractivity (Wildman–Crippen MR) is 81.5 cm³/mol. The van der Waals surface area contributed by atoms with Crippen molar-refractivity contribution >= 4 is 0 Å². The standard InChI is InChI=1S/C16H26N2O2/c1-12-11-18(2)8-7-14(12)17-10-13-5-6-15(19-3)16(9-13)20-4/h5-6,9,12,14,17H,7-8,10-11H2,1-4H3. The van der Waals surface area contributed by atoms with E-state index in [0.29, 0.717) is 12.0 Å². The molecule has 1 saturated heterocycles. The van der Waals surface area contributed by atoms with Crippen molar-refractivity contribution < 1.29 is 9.47 Å². The van der Waals surface area contributed by atoms with Crippen LogP contribution >= 0.6 is 0 Å². The highest BCUT2D eigenvalue weighted by molar-refractivity contribution is 5.42. The molecule has 1 aromatic rings. The molecule has 0 bridgehead atoms. The fraction of sp³-hybridized carbons (Fsp3) is 0.625. The molecule has 0 amide bonds. The zero-order valence-electron chi connectivity index (χ0n) is 13.0. The summed E-state index contributed by atoms with van der Waals surface area (Å²) >= 11 is 0. The topological polar surface area (TPSA) is 33.7 Å². The smallest absolute Gasteiger partial charge is 0.161 e. The number of likely N-dealkylation sites (tertiary alicyclic amines) is 1. The number of benzene rings is 1. The van der Waals surface area contributed by atoms with Crippen LogP contribution in [-0.4, -0.2) is 45.3 Å². The van der Waals surface area contributed by atoms with E-state index < -0.39 is 0 Å². The predicted octanol–water partition coefficient (Wildman–Crippen LogP) is 2.13. The van der Waals surface area contributed by atoms with Crippen molar-refractivity contribution in [3.05, 3.63) is 23.8 Å². The lowest BCUT2D eigenvalue weighted by molar-refractivity contribution is 0.174. The highest BCUT2D eigenvalue weighted by atomic mass is 16.5. The van der Waals surface area contributed by atoms with Gasteiger partial charge >= 0.3 is 0 Å². The highest BCUT2D eigenvalue weighted by Crippen LogP contribution is 2.27. The first kappa shape index (κ1) is 15.1. The second kappa shape index (κ2) is 6.95. The van der Waals surface area contributed by atoms with Crippen LogP contribution in [0.4, 0.5) is 0 Å². The van der Waals surface area contributed by atoms with E-state index in [1.807, 2.05) is 12.1 Å². The SMILES string of the molecule is COc1ccc(CNC2CCN(C)CC2C)cc1OC. The van der Waals surface area contributed by atoms with Crippen LogP contribution in [0.25, 0.3) is 0 Å². The first-order chi connectivity index (χ1) is 9.63. The van der Waals surface area contributed by atoms with Gasteiger partial charge in [-0.25, -0.2) is 0 Å². The molecule has 0 spiro atoms. The van der Waals surface area contributed by atoms with Gasteiger partial charge in [-0.1, -0.05) is 13.0 Å². The van der Waals surface area contributed by atoms with E-state index in [2.05, 4.69) is 30.3 Å². The van der Waals surface area contributed by atoms with Gasteiger partial charge in [0.15, 0.2) is 11.5 Å². The maximum absolute atomic E-state index is 5.34. The largest absolute Gasteiger partial charge is 0.493 e. The van der Waals surface area contributed by atoms with Crippen LogP contribution < -0.4 is 14.8 Å². The third-order valence-electron chi connectivity index (χ3n) is 4.12. The summed E-state index contributed by atoms with van der Waals surface area (Å²) in [5.74, 6) is 2.26. The average molecular weight is 278 g/mol. The number of ether oxygens (including phenoxy) is 2. The maximum Gasteiger partial charge on any atom is 0.161 e. The third-order valence-corrected chi connectivity index (χ3v) is 4.12. The van der Waals surface area contributed by atoms with E-state index in [-0.39, 0.29) is 0 Å². The van der Waals surface area contributed by atoms with Crippen LogP contribution in [-0.2, 0) is 6.54 Å². The van der Waals surface area contributed by atoms with E-state index in [9.17, 15) is 0 Å². The second-order valence-corrected chi connectivity index (χ2v) is 5.70. The number of piperidine rings is 1. The highest BCUT2D eigenvalue weighted by Gasteiger charge is 2.23. The second-order valence-electron chi connectivity index (χ2n) is 5.70. The summed E-state index contributed by atoms with van der Waals surface area (Å²) < 4.78 is 10.6. The first-order valence-electron chi connectivity index (χ1n) is 7.27. The molecule has 4 nitrogen and oxygen atoms in total. The molecule has 0 radical (unpaired) electrons. The molecule has 0 aromatic heterocycles. The molecule has 20 heavy (non-hydrogen) atoms. The van der Waals surface area contributed by atoms with Crippen LogP contribution in [0.15, 0.2) is 18.2 Å². The summed E-state index contributed by atoms with van der Waals surface area (Å²) in [5.41, 5.74) is 1.23. The lowest BCUT2D eigenvalue weighted by Gasteiger charge is -2.35. The number of nitrogens with one attached hydrogen (secondary N) is 1. The molecule has 1 aromatic carbocycles. The van der Waals surface area contributed by atoms with Gasteiger partial charge in [0.05, 0.1) is 14.2 Å². The van der Waals surface area contributed by atoms with Gasteiger partial charge in [-0.15, -0.1) is 0 Å². The van der Waals surface area contributed by atoms with Crippen molar-refractivity contribution in [2.24, 2.45) is 5.92 Å². The Hall–Kier alpha value is -1.26. The zero-order chi connectivity index (χ0) is 14.5. The van der Waals surface area contributed by atoms with Crippen molar-refractivity contribution in [2.45, 2.75) is 25.9 Å². The Morgan fingerprint density at radius 1 is 1.25 bits per heavy atom. The van der Waals surface area contributed by atoms with Crippen molar-refractivity contribution in [1.82, 2.24) is 10.2 Å². The van der Waals surface area contributed by atoms with Gasteiger partial charge in [-0.2, -0.15) is 0 Å². The number of methoxy groups -OCH3 is 2. The normalized spacial score (nSPS) is 23.6. The summed E-state index contributed by atoms with van der Waals surface area (Å²) in [6, 6.07) is 6.70. The van der Waals surface area contributed by atoms with E-state index in [1.165, 1.54) is 25.1 Å². The maximum atomic E-state index is 5.34. The Balaban J connectivity index is 1.93. The summed E-state index contributed by atoms with van der Waals surface area (Å²) in [7, 11) is 5.53. The zero-order valence-corrected chi connectivity index (χ0v) is 13.0. The number of hydrogen-bond donors (Lipinski definition) is 1. The molecule has 112 valence electrons. The Kier molecular flexibility index (Phi) is 5.26. The van der Waals surface area contributed by atoms with E-state index in [0.717, 1.165) is 18.0 Å². The minimum absolute atomic E-state index is 0.597. The van der Waals surface area contributed by atoms with E-state index in [1.54, 1.807) is 14.2 Å². The molecular weight excluding hydrogens is 252 g/mol. The van der Waals surface area contributed by atoms with Crippen molar-refractivity contribution in [3.8, 4) is 11.5 Å². The lowest BCUT2D eigenvalue weighted by atomic mass is 9.94. The monoisotopic (exact) mass is 278 g/mol. The number of rotatable bonds is 5. The van der Waals surface area contributed by atoms with Gasteiger partial charge < -0.3 is 19.7 Å². The summed E-state index contributed by atoms with van der Waals surface area (Å²) in [6.07, 6.45) is 1.21. The van der Waals surface area contributed by atoms with Crippen LogP contribution in [0, 0.1) is 5.92 Å². The molecule has 2 rings (SSSR count). The number of hydrogen-bond acceptors (Lipinski definition) is 4. The minimum atomic E-state index is 0.597. The Morgan fingerprint density at radius 3 is 2.65 bits per heavy atom. The molecule has 4 heteroatoms. The Bertz CT molecular complexity index is 436. The van der Waals surface area contributed by atoms with Crippen LogP contribution in [0.3, 0.4) is 0 Å². The molecule has 2 atom stereocenters. The van der Waals surface area contributed by atoms with Gasteiger partial charge in [-0.05, 0) is 43.6 Å². The van der Waals surface area contributed by atoms with Crippen molar-refractivity contribution in [1.29, 1.82) is 0 Å². The minimum Gasteiger partial charge on any atom is -0.493 e. The molecule has 2 unspecified atom stereocenters. The first-order valence-corrected chi connectivity index (χ1v) is 7.27. The van der Waals surface area contributed by atoms with Gasteiger partial charge in [-0.3, -0.25) is 0 Å². The Morgan fingerprint density at radius 2 is 2.00 bits per heavy atom. The molecule has 1 N–H and O–H groups in total. The van der Waals surface area contributed by atoms with Gasteiger partial charge in [0, 0.05) is 19.1 Å². The van der Waals surface area contributed by atoms with Gasteiger partial charge in [0.1, 0.15) is 0 Å². The molecule has 0 aliphatic carbocycles. The Labute approximate surface area is 122 Å². The quantitative estimate of drug-likeness (QED) is 0.894. The third kappa shape index (κ3) is 3.64. The molecule has 1 heterocycles. The molecule has 0 saturated carbocycles. The van der Waals surface area contributed by atoms with E-state index in [4.69, 9.17) is 9.47 Å². The van der Waals surface area contributed by atoms with Crippen LogP contribution in [0.1, 0.15) is 18.9 Å². The number of nitrogens with zero attached hydrogens (tertiary/aromatic N) is 1. The van der Waals surface area contributed by atoms with Crippen LogP contribution in [0.2, 0.25) is 0 Å². The summed E-state index contributed by atoms with van der Waals surface area (Å²) in [4.78, 5) is 2.40. The van der Waals surface area contributed by atoms with Gasteiger partial charge in [0.2, 0.25) is 0 Å². The van der Waals surface area contributed by atoms with E-state index >= 15 is 0 Å². The van der Waals surface area contributed by atoms with Crippen LogP contribution in [0.5, 0.6) is 11.5 Å². The average Bonchev–Trinajstić information content (AvgIpc) is 2.46. The van der Waals surface area contributed by atoms with Gasteiger partial charge in [0.25, 0.3) is 0 Å².